The number of hydrogen-bond donors (Lipinski definition) is 1. The second-order valence-corrected chi connectivity index (χ2v) is 6.03. The highest BCUT2D eigenvalue weighted by Gasteiger charge is 2.22. The lowest BCUT2D eigenvalue weighted by molar-refractivity contribution is 0.598. The number of hydrogen-bond acceptors (Lipinski definition) is 3. The van der Waals surface area contributed by atoms with Crippen LogP contribution in [-0.2, 0) is 17.1 Å². The number of benzene rings is 1. The molecule has 2 aromatic rings. The van der Waals surface area contributed by atoms with Crippen molar-refractivity contribution in [2.24, 2.45) is 7.05 Å². The largest absolute Gasteiger partial charge is 0.324 e. The Morgan fingerprint density at radius 3 is 2.58 bits per heavy atom. The Kier molecular flexibility index (Phi) is 3.51. The third kappa shape index (κ3) is 2.87. The molecule has 1 aromatic carbocycles. The van der Waals surface area contributed by atoms with Crippen LogP contribution < -0.4 is 4.72 Å². The van der Waals surface area contributed by atoms with Crippen LogP contribution in [-0.4, -0.2) is 18.0 Å². The van der Waals surface area contributed by atoms with Gasteiger partial charge in [-0.25, -0.2) is 9.37 Å². The van der Waals surface area contributed by atoms with E-state index in [0.717, 1.165) is 6.07 Å². The number of sulfonamides is 1. The molecule has 0 saturated heterocycles. The summed E-state index contributed by atoms with van der Waals surface area (Å²) < 4.78 is 40.9. The van der Waals surface area contributed by atoms with Crippen molar-refractivity contribution in [3.8, 4) is 0 Å². The van der Waals surface area contributed by atoms with Crippen molar-refractivity contribution < 1.29 is 12.8 Å². The molecule has 0 aliphatic rings. The maximum Gasteiger partial charge on any atom is 0.282 e. The lowest BCUT2D eigenvalue weighted by atomic mass is 10.2. The normalized spacial score (nSPS) is 11.6. The third-order valence-electron chi connectivity index (χ3n) is 2.38. The van der Waals surface area contributed by atoms with E-state index in [0.29, 0.717) is 5.56 Å². The van der Waals surface area contributed by atoms with Gasteiger partial charge in [0.2, 0.25) is 5.03 Å². The van der Waals surface area contributed by atoms with E-state index in [9.17, 15) is 12.8 Å². The quantitative estimate of drug-likeness (QED) is 0.946. The van der Waals surface area contributed by atoms with Gasteiger partial charge in [-0.15, -0.1) is 0 Å². The predicted molar refractivity (Wildman–Crippen MR) is 70.2 cm³/mol. The Labute approximate surface area is 115 Å². The fourth-order valence-corrected chi connectivity index (χ4v) is 3.05. The van der Waals surface area contributed by atoms with E-state index in [2.05, 4.69) is 9.71 Å². The van der Waals surface area contributed by atoms with Crippen molar-refractivity contribution in [2.45, 2.75) is 11.9 Å². The zero-order valence-corrected chi connectivity index (χ0v) is 11.8. The van der Waals surface area contributed by atoms with Crippen molar-refractivity contribution >= 4 is 27.3 Å². The molecule has 8 heteroatoms. The Balaban J connectivity index is 2.39. The van der Waals surface area contributed by atoms with E-state index in [4.69, 9.17) is 11.6 Å². The molecule has 0 aliphatic carbocycles. The average molecular weight is 304 g/mol. The molecule has 1 aromatic heterocycles. The maximum absolute atomic E-state index is 13.2. The molecule has 0 unspecified atom stereocenters. The van der Waals surface area contributed by atoms with E-state index in [1.807, 2.05) is 0 Å². The minimum absolute atomic E-state index is 0.0133. The van der Waals surface area contributed by atoms with Crippen LogP contribution in [0.3, 0.4) is 0 Å². The van der Waals surface area contributed by atoms with Crippen LogP contribution in [0.5, 0.6) is 0 Å². The molecule has 1 N–H and O–H groups in total. The first-order valence-corrected chi connectivity index (χ1v) is 7.12. The molecule has 0 saturated carbocycles. The highest BCUT2D eigenvalue weighted by molar-refractivity contribution is 7.92. The number of aromatic nitrogens is 2. The lowest BCUT2D eigenvalue weighted by Crippen LogP contribution is -2.14. The van der Waals surface area contributed by atoms with Crippen LogP contribution in [0.15, 0.2) is 29.6 Å². The van der Waals surface area contributed by atoms with Crippen LogP contribution in [0.4, 0.5) is 10.1 Å². The fourth-order valence-electron chi connectivity index (χ4n) is 1.57. The summed E-state index contributed by atoms with van der Waals surface area (Å²) in [5, 5.41) is -0.306. The zero-order valence-electron chi connectivity index (χ0n) is 10.2. The van der Waals surface area contributed by atoms with Crippen molar-refractivity contribution in [1.29, 1.82) is 0 Å². The zero-order chi connectivity index (χ0) is 14.2. The van der Waals surface area contributed by atoms with Crippen molar-refractivity contribution in [1.82, 2.24) is 9.55 Å². The van der Waals surface area contributed by atoms with E-state index in [-0.39, 0.29) is 15.9 Å². The van der Waals surface area contributed by atoms with Gasteiger partial charge in [0.15, 0.2) is 0 Å². The molecule has 0 fully saturated rings. The van der Waals surface area contributed by atoms with Crippen molar-refractivity contribution in [3.05, 3.63) is 41.1 Å². The average Bonchev–Trinajstić information content (AvgIpc) is 2.57. The summed E-state index contributed by atoms with van der Waals surface area (Å²) in [6.07, 6.45) is 1.29. The van der Waals surface area contributed by atoms with Gasteiger partial charge in [-0.2, -0.15) is 8.42 Å². The van der Waals surface area contributed by atoms with E-state index in [1.54, 1.807) is 14.0 Å². The van der Waals surface area contributed by atoms with E-state index >= 15 is 0 Å². The molecule has 19 heavy (non-hydrogen) atoms. The van der Waals surface area contributed by atoms with Gasteiger partial charge in [0.05, 0.1) is 12.0 Å². The van der Waals surface area contributed by atoms with Gasteiger partial charge in [-0.1, -0.05) is 11.6 Å². The van der Waals surface area contributed by atoms with Crippen LogP contribution in [0.25, 0.3) is 0 Å². The molecule has 2 rings (SSSR count). The molecule has 0 spiro atoms. The highest BCUT2D eigenvalue weighted by Crippen LogP contribution is 2.22. The number of nitrogens with one attached hydrogen (secondary N) is 1. The molecule has 0 atom stereocenters. The minimum atomic E-state index is -3.94. The Morgan fingerprint density at radius 1 is 1.37 bits per heavy atom. The van der Waals surface area contributed by atoms with Crippen molar-refractivity contribution in [2.75, 3.05) is 4.72 Å². The fraction of sp³-hybridized carbons (Fsp3) is 0.182. The Morgan fingerprint density at radius 2 is 2.05 bits per heavy atom. The van der Waals surface area contributed by atoms with Crippen LogP contribution >= 0.6 is 11.6 Å². The number of nitrogens with zero attached hydrogens (tertiary/aromatic N) is 2. The van der Waals surface area contributed by atoms with Crippen LogP contribution in [0.2, 0.25) is 5.15 Å². The molecule has 0 radical (unpaired) electrons. The van der Waals surface area contributed by atoms with Gasteiger partial charge in [0.25, 0.3) is 10.0 Å². The highest BCUT2D eigenvalue weighted by atomic mass is 35.5. The first-order chi connectivity index (χ1) is 8.79. The number of anilines is 1. The molecular formula is C11H11ClFN3O2S. The molecule has 102 valence electrons. The van der Waals surface area contributed by atoms with Crippen molar-refractivity contribution in [3.63, 3.8) is 0 Å². The summed E-state index contributed by atoms with van der Waals surface area (Å²) >= 11 is 5.83. The molecule has 5 nitrogen and oxygen atoms in total. The third-order valence-corrected chi connectivity index (χ3v) is 4.25. The standard InChI is InChI=1S/C11H11ClFN3O2S/c1-7-3-8(13)5-9(4-7)15-19(17,18)11-10(12)16(2)6-14-11/h3-6,15H,1-2H3. The second-order valence-electron chi connectivity index (χ2n) is 4.07. The maximum atomic E-state index is 13.2. The number of aryl methyl sites for hydroxylation is 2. The van der Waals surface area contributed by atoms with Crippen LogP contribution in [0, 0.1) is 12.7 Å². The first kappa shape index (κ1) is 13.8. The molecular weight excluding hydrogens is 293 g/mol. The second kappa shape index (κ2) is 4.82. The summed E-state index contributed by atoms with van der Waals surface area (Å²) in [5.41, 5.74) is 0.726. The summed E-state index contributed by atoms with van der Waals surface area (Å²) in [7, 11) is -2.37. The first-order valence-electron chi connectivity index (χ1n) is 5.26. The monoisotopic (exact) mass is 303 g/mol. The Hall–Kier alpha value is -1.60. The van der Waals surface area contributed by atoms with Gasteiger partial charge in [-0.05, 0) is 30.7 Å². The minimum Gasteiger partial charge on any atom is -0.324 e. The molecule has 0 bridgehead atoms. The van der Waals surface area contributed by atoms with E-state index < -0.39 is 15.8 Å². The number of rotatable bonds is 3. The van der Waals surface area contributed by atoms with Gasteiger partial charge >= 0.3 is 0 Å². The topological polar surface area (TPSA) is 64.0 Å². The molecule has 1 heterocycles. The smallest absolute Gasteiger partial charge is 0.282 e. The molecule has 0 amide bonds. The lowest BCUT2D eigenvalue weighted by Gasteiger charge is -2.07. The van der Waals surface area contributed by atoms with Gasteiger partial charge < -0.3 is 4.57 Å². The Bertz CT molecular complexity index is 707. The summed E-state index contributed by atoms with van der Waals surface area (Å²) in [6, 6.07) is 3.89. The van der Waals surface area contributed by atoms with Gasteiger partial charge in [0, 0.05) is 7.05 Å². The number of imidazole rings is 1. The van der Waals surface area contributed by atoms with Crippen LogP contribution in [0.1, 0.15) is 5.56 Å². The summed E-state index contributed by atoms with van der Waals surface area (Å²) in [5.74, 6) is -0.523. The van der Waals surface area contributed by atoms with Gasteiger partial charge in [0.1, 0.15) is 11.0 Å². The summed E-state index contributed by atoms with van der Waals surface area (Å²) in [4.78, 5) is 3.71. The van der Waals surface area contributed by atoms with E-state index in [1.165, 1.54) is 23.0 Å². The van der Waals surface area contributed by atoms with Gasteiger partial charge in [-0.3, -0.25) is 4.72 Å². The summed E-state index contributed by atoms with van der Waals surface area (Å²) in [6.45, 7) is 1.66. The number of halogens is 2. The SMILES string of the molecule is Cc1cc(F)cc(NS(=O)(=O)c2ncn(C)c2Cl)c1. The predicted octanol–water partition coefficient (Wildman–Crippen LogP) is 2.32. The molecule has 0 aliphatic heterocycles.